The number of ketones is 1. The number of Topliss-reactive ketones (excluding diaryl/α,β-unsaturated/α-hetero) is 1. The van der Waals surface area contributed by atoms with E-state index in [1.807, 2.05) is 0 Å². The van der Waals surface area contributed by atoms with Gasteiger partial charge in [-0.2, -0.15) is 4.98 Å². The minimum Gasteiger partial charge on any atom is -0.459 e. The van der Waals surface area contributed by atoms with Crippen LogP contribution in [0.5, 0.6) is 11.6 Å². The van der Waals surface area contributed by atoms with Crippen molar-refractivity contribution in [3.05, 3.63) is 46.3 Å². The van der Waals surface area contributed by atoms with Gasteiger partial charge in [-0.25, -0.2) is 4.98 Å². The molecule has 0 N–H and O–H groups in total. The van der Waals surface area contributed by atoms with Crippen molar-refractivity contribution in [3.63, 3.8) is 0 Å². The Morgan fingerprint density at radius 3 is 2.47 bits per heavy atom. The number of anilines is 1. The fourth-order valence-corrected chi connectivity index (χ4v) is 2.59. The molecule has 1 heterocycles. The van der Waals surface area contributed by atoms with E-state index in [0.29, 0.717) is 0 Å². The summed E-state index contributed by atoms with van der Waals surface area (Å²) in [5.74, 6) is -1.05. The largest absolute Gasteiger partial charge is 0.459 e. The van der Waals surface area contributed by atoms with E-state index in [2.05, 4.69) is 9.97 Å². The zero-order valence-electron chi connectivity index (χ0n) is 17.5. The molecule has 0 aliphatic heterocycles. The maximum Gasteiger partial charge on any atom is 0.373 e. The average molecular weight is 416 g/mol. The smallest absolute Gasteiger partial charge is 0.373 e. The summed E-state index contributed by atoms with van der Waals surface area (Å²) in [7, 11) is 1.47. The van der Waals surface area contributed by atoms with E-state index in [4.69, 9.17) is 9.47 Å². The molecule has 0 amide bonds. The normalized spacial score (nSPS) is 11.0. The first kappa shape index (κ1) is 22.7. The van der Waals surface area contributed by atoms with E-state index in [1.54, 1.807) is 45.9 Å². The number of hydrogen-bond acceptors (Lipinski definition) is 9. The van der Waals surface area contributed by atoms with Crippen LogP contribution in [0.15, 0.2) is 30.6 Å². The van der Waals surface area contributed by atoms with E-state index in [0.717, 1.165) is 6.33 Å². The van der Waals surface area contributed by atoms with Gasteiger partial charge in [0.05, 0.1) is 10.5 Å². The molecule has 30 heavy (non-hydrogen) atoms. The van der Waals surface area contributed by atoms with Crippen LogP contribution in [0.4, 0.5) is 11.5 Å². The lowest BCUT2D eigenvalue weighted by molar-refractivity contribution is -0.385. The molecule has 0 saturated heterocycles. The molecule has 0 aliphatic carbocycles. The van der Waals surface area contributed by atoms with Crippen molar-refractivity contribution in [1.82, 2.24) is 9.97 Å². The highest BCUT2D eigenvalue weighted by molar-refractivity contribution is 5.98. The molecule has 0 fully saturated rings. The van der Waals surface area contributed by atoms with Gasteiger partial charge in [0, 0.05) is 13.5 Å². The second-order valence-corrected chi connectivity index (χ2v) is 7.43. The minimum absolute atomic E-state index is 0.116. The van der Waals surface area contributed by atoms with Crippen LogP contribution in [0.3, 0.4) is 0 Å². The third-order valence-corrected chi connectivity index (χ3v) is 3.82. The number of esters is 1. The maximum atomic E-state index is 12.1. The number of likely N-dealkylation sites (N-methyl/N-ethyl adjacent to an activating group) is 1. The number of para-hydroxylation sites is 1. The molecular weight excluding hydrogens is 392 g/mol. The molecule has 1 aromatic heterocycles. The number of nitro groups is 1. The first-order valence-corrected chi connectivity index (χ1v) is 9.26. The Bertz CT molecular complexity index is 955. The fraction of sp³-hybridized carbons (Fsp3) is 0.400. The minimum atomic E-state index is -0.695. The SMILES string of the molecule is CCC(=O)c1ccccc1Oc1ncnc(N(C)CC(=O)OC(C)(C)C)c1[N+](=O)[O-]. The molecule has 0 bridgehead atoms. The van der Waals surface area contributed by atoms with Crippen molar-refractivity contribution in [2.24, 2.45) is 0 Å². The van der Waals surface area contributed by atoms with Gasteiger partial charge in [-0.15, -0.1) is 0 Å². The summed E-state index contributed by atoms with van der Waals surface area (Å²) in [5.41, 5.74) is -0.932. The van der Waals surface area contributed by atoms with Gasteiger partial charge in [0.25, 0.3) is 0 Å². The summed E-state index contributed by atoms with van der Waals surface area (Å²) in [4.78, 5) is 44.4. The van der Waals surface area contributed by atoms with Crippen LogP contribution in [-0.2, 0) is 9.53 Å². The lowest BCUT2D eigenvalue weighted by atomic mass is 10.1. The van der Waals surface area contributed by atoms with Crippen LogP contribution in [0.1, 0.15) is 44.5 Å². The first-order valence-electron chi connectivity index (χ1n) is 9.26. The van der Waals surface area contributed by atoms with Gasteiger partial charge in [-0.05, 0) is 32.9 Å². The maximum absolute atomic E-state index is 12.1. The van der Waals surface area contributed by atoms with Gasteiger partial charge in [-0.3, -0.25) is 19.7 Å². The Hall–Kier alpha value is -3.56. The van der Waals surface area contributed by atoms with Crippen LogP contribution in [-0.4, -0.2) is 45.8 Å². The molecule has 2 aromatic rings. The van der Waals surface area contributed by atoms with Crippen LogP contribution < -0.4 is 9.64 Å². The topological polar surface area (TPSA) is 125 Å². The molecule has 10 nitrogen and oxygen atoms in total. The predicted molar refractivity (Wildman–Crippen MR) is 109 cm³/mol. The van der Waals surface area contributed by atoms with E-state index in [9.17, 15) is 19.7 Å². The number of ether oxygens (including phenoxy) is 2. The second-order valence-electron chi connectivity index (χ2n) is 7.43. The Morgan fingerprint density at radius 1 is 1.20 bits per heavy atom. The molecule has 0 unspecified atom stereocenters. The van der Waals surface area contributed by atoms with Crippen LogP contribution in [0.2, 0.25) is 0 Å². The van der Waals surface area contributed by atoms with Crippen molar-refractivity contribution < 1.29 is 24.0 Å². The Morgan fingerprint density at radius 2 is 1.87 bits per heavy atom. The third kappa shape index (κ3) is 5.72. The van der Waals surface area contributed by atoms with Crippen molar-refractivity contribution >= 4 is 23.3 Å². The summed E-state index contributed by atoms with van der Waals surface area (Å²) >= 11 is 0. The summed E-state index contributed by atoms with van der Waals surface area (Å²) < 4.78 is 10.9. The van der Waals surface area contributed by atoms with Crippen LogP contribution in [0.25, 0.3) is 0 Å². The van der Waals surface area contributed by atoms with Gasteiger partial charge < -0.3 is 14.4 Å². The lowest BCUT2D eigenvalue weighted by Gasteiger charge is -2.23. The Kier molecular flexibility index (Phi) is 7.04. The van der Waals surface area contributed by atoms with Crippen molar-refractivity contribution in [2.45, 2.75) is 39.7 Å². The summed E-state index contributed by atoms with van der Waals surface area (Å²) in [6.07, 6.45) is 1.34. The van der Waals surface area contributed by atoms with Gasteiger partial charge in [-0.1, -0.05) is 19.1 Å². The zero-order chi connectivity index (χ0) is 22.5. The highest BCUT2D eigenvalue weighted by atomic mass is 16.6. The summed E-state index contributed by atoms with van der Waals surface area (Å²) in [6.45, 7) is 6.60. The number of carbonyl (C=O) groups excluding carboxylic acids is 2. The third-order valence-electron chi connectivity index (χ3n) is 3.82. The number of aromatic nitrogens is 2. The molecule has 0 spiro atoms. The van der Waals surface area contributed by atoms with Gasteiger partial charge in [0.1, 0.15) is 24.2 Å². The van der Waals surface area contributed by atoms with E-state index < -0.39 is 22.2 Å². The Balaban J connectivity index is 2.39. The van der Waals surface area contributed by atoms with E-state index >= 15 is 0 Å². The van der Waals surface area contributed by atoms with Gasteiger partial charge in [0.15, 0.2) is 5.78 Å². The monoisotopic (exact) mass is 416 g/mol. The number of hydrogen-bond donors (Lipinski definition) is 0. The van der Waals surface area contributed by atoms with Gasteiger partial charge in [0.2, 0.25) is 5.82 Å². The summed E-state index contributed by atoms with van der Waals surface area (Å²) in [6, 6.07) is 6.41. The molecule has 0 aliphatic rings. The number of carbonyl (C=O) groups is 2. The van der Waals surface area contributed by atoms with Crippen molar-refractivity contribution in [2.75, 3.05) is 18.5 Å². The Labute approximate surface area is 174 Å². The molecule has 0 saturated carbocycles. The molecule has 160 valence electrons. The van der Waals surface area contributed by atoms with Gasteiger partial charge >= 0.3 is 17.5 Å². The number of rotatable bonds is 8. The second kappa shape index (κ2) is 9.29. The quantitative estimate of drug-likeness (QED) is 0.275. The molecule has 10 heteroatoms. The highest BCUT2D eigenvalue weighted by Crippen LogP contribution is 2.36. The lowest BCUT2D eigenvalue weighted by Crippen LogP contribution is -2.33. The molecule has 1 aromatic carbocycles. The standard InChI is InChI=1S/C20H24N4O6/c1-6-14(25)13-9-7-8-10-15(13)29-19-17(24(27)28)18(21-12-22-19)23(5)11-16(26)30-20(2,3)4/h7-10,12H,6,11H2,1-5H3. The fourth-order valence-electron chi connectivity index (χ4n) is 2.59. The van der Waals surface area contributed by atoms with Crippen molar-refractivity contribution in [1.29, 1.82) is 0 Å². The van der Waals surface area contributed by atoms with Crippen molar-refractivity contribution in [3.8, 4) is 11.6 Å². The zero-order valence-corrected chi connectivity index (χ0v) is 17.5. The summed E-state index contributed by atoms with van der Waals surface area (Å²) in [5, 5.41) is 11.8. The van der Waals surface area contributed by atoms with E-state index in [-0.39, 0.29) is 41.8 Å². The van der Waals surface area contributed by atoms with Crippen LogP contribution >= 0.6 is 0 Å². The molecular formula is C20H24N4O6. The van der Waals surface area contributed by atoms with Crippen LogP contribution in [0, 0.1) is 10.1 Å². The number of nitrogens with zero attached hydrogens (tertiary/aromatic N) is 4. The molecule has 0 radical (unpaired) electrons. The highest BCUT2D eigenvalue weighted by Gasteiger charge is 2.29. The first-order chi connectivity index (χ1) is 14.0. The average Bonchev–Trinajstić information content (AvgIpc) is 2.65. The molecule has 2 rings (SSSR count). The van der Waals surface area contributed by atoms with E-state index in [1.165, 1.54) is 18.0 Å². The predicted octanol–water partition coefficient (Wildman–Crippen LogP) is 3.55. The molecule has 0 atom stereocenters. The number of benzene rings is 1.